The molecule has 2 heterocycles. The van der Waals surface area contributed by atoms with E-state index in [0.29, 0.717) is 17.4 Å². The third kappa shape index (κ3) is 1.81. The summed E-state index contributed by atoms with van der Waals surface area (Å²) >= 11 is 0. The molecule has 0 radical (unpaired) electrons. The highest BCUT2D eigenvalue weighted by molar-refractivity contribution is 5.82. The van der Waals surface area contributed by atoms with Crippen LogP contribution in [0.15, 0.2) is 48.5 Å². The number of methoxy groups -OCH3 is 1. The minimum Gasteiger partial charge on any atom is -0.478 e. The Labute approximate surface area is 125 Å². The second-order valence-electron chi connectivity index (χ2n) is 4.80. The van der Waals surface area contributed by atoms with E-state index >= 15 is 0 Å². The average Bonchev–Trinajstić information content (AvgIpc) is 3.00. The SMILES string of the molecule is COc1nc2ccccc2n2c(-c3ccc(F)cc3)nnc12. The van der Waals surface area contributed by atoms with E-state index in [1.54, 1.807) is 19.2 Å². The van der Waals surface area contributed by atoms with Gasteiger partial charge in [0.2, 0.25) is 5.65 Å². The molecule has 0 fully saturated rings. The van der Waals surface area contributed by atoms with Crippen LogP contribution in [-0.4, -0.2) is 26.7 Å². The van der Waals surface area contributed by atoms with Gasteiger partial charge in [0.25, 0.3) is 5.88 Å². The Morgan fingerprint density at radius 3 is 2.55 bits per heavy atom. The number of hydrogen-bond acceptors (Lipinski definition) is 4. The maximum atomic E-state index is 13.1. The number of ether oxygens (including phenoxy) is 1. The summed E-state index contributed by atoms with van der Waals surface area (Å²) in [6.07, 6.45) is 0. The number of hydrogen-bond donors (Lipinski definition) is 0. The van der Waals surface area contributed by atoms with E-state index < -0.39 is 0 Å². The maximum absolute atomic E-state index is 13.1. The molecule has 108 valence electrons. The zero-order valence-electron chi connectivity index (χ0n) is 11.7. The molecular formula is C16H11FN4O. The van der Waals surface area contributed by atoms with Crippen molar-refractivity contribution >= 4 is 16.7 Å². The van der Waals surface area contributed by atoms with Crippen LogP contribution in [0.1, 0.15) is 0 Å². The molecule has 0 aliphatic carbocycles. The van der Waals surface area contributed by atoms with Gasteiger partial charge in [-0.15, -0.1) is 10.2 Å². The first kappa shape index (κ1) is 12.7. The molecule has 22 heavy (non-hydrogen) atoms. The Kier molecular flexibility index (Phi) is 2.75. The molecule has 0 N–H and O–H groups in total. The predicted octanol–water partition coefficient (Wildman–Crippen LogP) is 3.09. The normalized spacial score (nSPS) is 11.2. The van der Waals surface area contributed by atoms with E-state index in [2.05, 4.69) is 15.2 Å². The molecule has 2 aromatic carbocycles. The Morgan fingerprint density at radius 1 is 1.00 bits per heavy atom. The summed E-state index contributed by atoms with van der Waals surface area (Å²) < 4.78 is 20.3. The summed E-state index contributed by atoms with van der Waals surface area (Å²) in [4.78, 5) is 4.44. The van der Waals surface area contributed by atoms with Gasteiger partial charge in [0.05, 0.1) is 18.1 Å². The van der Waals surface area contributed by atoms with Crippen molar-refractivity contribution in [2.75, 3.05) is 7.11 Å². The van der Waals surface area contributed by atoms with Gasteiger partial charge in [-0.2, -0.15) is 0 Å². The minimum atomic E-state index is -0.290. The molecule has 0 unspecified atom stereocenters. The maximum Gasteiger partial charge on any atom is 0.260 e. The van der Waals surface area contributed by atoms with E-state index in [1.807, 2.05) is 28.7 Å². The minimum absolute atomic E-state index is 0.290. The quantitative estimate of drug-likeness (QED) is 0.570. The summed E-state index contributed by atoms with van der Waals surface area (Å²) in [5, 5.41) is 8.39. The fourth-order valence-corrected chi connectivity index (χ4v) is 2.48. The molecule has 0 aliphatic rings. The molecular weight excluding hydrogens is 283 g/mol. The summed E-state index contributed by atoms with van der Waals surface area (Å²) in [5.41, 5.74) is 2.94. The topological polar surface area (TPSA) is 52.3 Å². The molecule has 6 heteroatoms. The van der Waals surface area contributed by atoms with Crippen molar-refractivity contribution in [3.63, 3.8) is 0 Å². The first-order valence-electron chi connectivity index (χ1n) is 6.72. The van der Waals surface area contributed by atoms with Gasteiger partial charge in [-0.1, -0.05) is 12.1 Å². The molecule has 0 aliphatic heterocycles. The van der Waals surface area contributed by atoms with Crippen molar-refractivity contribution in [3.05, 3.63) is 54.3 Å². The van der Waals surface area contributed by atoms with E-state index in [9.17, 15) is 4.39 Å². The van der Waals surface area contributed by atoms with Crippen molar-refractivity contribution in [1.82, 2.24) is 19.6 Å². The average molecular weight is 294 g/mol. The Morgan fingerprint density at radius 2 is 1.77 bits per heavy atom. The molecule has 4 rings (SSSR count). The number of benzene rings is 2. The van der Waals surface area contributed by atoms with Crippen LogP contribution in [0.4, 0.5) is 4.39 Å². The molecule has 0 atom stereocenters. The lowest BCUT2D eigenvalue weighted by Crippen LogP contribution is -1.98. The fraction of sp³-hybridized carbons (Fsp3) is 0.0625. The highest BCUT2D eigenvalue weighted by Crippen LogP contribution is 2.27. The van der Waals surface area contributed by atoms with Crippen molar-refractivity contribution in [1.29, 1.82) is 0 Å². The van der Waals surface area contributed by atoms with E-state index in [1.165, 1.54) is 12.1 Å². The molecule has 0 spiro atoms. The third-order valence-electron chi connectivity index (χ3n) is 3.49. The molecule has 2 aromatic heterocycles. The van der Waals surface area contributed by atoms with Crippen molar-refractivity contribution in [3.8, 4) is 17.3 Å². The Balaban J connectivity index is 2.12. The van der Waals surface area contributed by atoms with Crippen LogP contribution in [0.2, 0.25) is 0 Å². The van der Waals surface area contributed by atoms with Crippen LogP contribution in [0.5, 0.6) is 5.88 Å². The molecule has 0 amide bonds. The summed E-state index contributed by atoms with van der Waals surface area (Å²) in [6.45, 7) is 0. The number of fused-ring (bicyclic) bond motifs is 3. The first-order chi connectivity index (χ1) is 10.8. The lowest BCUT2D eigenvalue weighted by molar-refractivity contribution is 0.402. The van der Waals surface area contributed by atoms with Gasteiger partial charge in [0.15, 0.2) is 5.82 Å². The summed E-state index contributed by atoms with van der Waals surface area (Å²) in [5.74, 6) is 0.730. The zero-order chi connectivity index (χ0) is 15.1. The van der Waals surface area contributed by atoms with Crippen molar-refractivity contribution in [2.45, 2.75) is 0 Å². The Hall–Kier alpha value is -3.02. The first-order valence-corrected chi connectivity index (χ1v) is 6.72. The molecule has 0 bridgehead atoms. The molecule has 4 aromatic rings. The number of rotatable bonds is 2. The van der Waals surface area contributed by atoms with E-state index in [4.69, 9.17) is 4.74 Å². The van der Waals surface area contributed by atoms with E-state index in [-0.39, 0.29) is 5.82 Å². The second-order valence-corrected chi connectivity index (χ2v) is 4.80. The van der Waals surface area contributed by atoms with Crippen LogP contribution in [0.3, 0.4) is 0 Å². The fourth-order valence-electron chi connectivity index (χ4n) is 2.48. The second kappa shape index (κ2) is 4.77. The smallest absolute Gasteiger partial charge is 0.260 e. The molecule has 0 saturated carbocycles. The standard InChI is InChI=1S/C16H11FN4O/c1-22-16-15-20-19-14(10-6-8-11(17)9-7-10)21(15)13-5-3-2-4-12(13)18-16/h2-9H,1H3. The molecule has 5 nitrogen and oxygen atoms in total. The number of para-hydroxylation sites is 2. The highest BCUT2D eigenvalue weighted by atomic mass is 19.1. The van der Waals surface area contributed by atoms with Crippen LogP contribution >= 0.6 is 0 Å². The largest absolute Gasteiger partial charge is 0.478 e. The Bertz CT molecular complexity index is 979. The van der Waals surface area contributed by atoms with Crippen molar-refractivity contribution < 1.29 is 9.13 Å². The van der Waals surface area contributed by atoms with Gasteiger partial charge in [0, 0.05) is 5.56 Å². The van der Waals surface area contributed by atoms with Gasteiger partial charge < -0.3 is 4.74 Å². The zero-order valence-corrected chi connectivity index (χ0v) is 11.7. The predicted molar refractivity (Wildman–Crippen MR) is 80.2 cm³/mol. The monoisotopic (exact) mass is 294 g/mol. The van der Waals surface area contributed by atoms with Crippen molar-refractivity contribution in [2.24, 2.45) is 0 Å². The molecule has 0 saturated heterocycles. The number of halogens is 1. The van der Waals surface area contributed by atoms with Crippen LogP contribution in [-0.2, 0) is 0 Å². The third-order valence-corrected chi connectivity index (χ3v) is 3.49. The van der Waals surface area contributed by atoms with E-state index in [0.717, 1.165) is 16.6 Å². The summed E-state index contributed by atoms with van der Waals surface area (Å²) in [7, 11) is 1.54. The lowest BCUT2D eigenvalue weighted by atomic mass is 10.2. The van der Waals surface area contributed by atoms with Gasteiger partial charge in [0.1, 0.15) is 5.82 Å². The summed E-state index contributed by atoms with van der Waals surface area (Å²) in [6, 6.07) is 13.8. The van der Waals surface area contributed by atoms with Gasteiger partial charge >= 0.3 is 0 Å². The lowest BCUT2D eigenvalue weighted by Gasteiger charge is -2.07. The van der Waals surface area contributed by atoms with Gasteiger partial charge in [-0.05, 0) is 36.4 Å². The van der Waals surface area contributed by atoms with Crippen LogP contribution in [0, 0.1) is 5.82 Å². The van der Waals surface area contributed by atoms with Crippen LogP contribution in [0.25, 0.3) is 28.1 Å². The van der Waals surface area contributed by atoms with Gasteiger partial charge in [-0.25, -0.2) is 9.37 Å². The number of aromatic nitrogens is 4. The van der Waals surface area contributed by atoms with Gasteiger partial charge in [-0.3, -0.25) is 4.40 Å². The van der Waals surface area contributed by atoms with Crippen LogP contribution < -0.4 is 4.74 Å². The number of nitrogens with zero attached hydrogens (tertiary/aromatic N) is 4. The highest BCUT2D eigenvalue weighted by Gasteiger charge is 2.16.